The van der Waals surface area contributed by atoms with Crippen molar-refractivity contribution in [2.24, 2.45) is 0 Å². The summed E-state index contributed by atoms with van der Waals surface area (Å²) in [4.78, 5) is 4.37. The van der Waals surface area contributed by atoms with Crippen LogP contribution in [-0.4, -0.2) is 17.3 Å². The van der Waals surface area contributed by atoms with Gasteiger partial charge in [0.15, 0.2) is 5.82 Å². The van der Waals surface area contributed by atoms with E-state index in [9.17, 15) is 0 Å². The standard InChI is InChI=1S/C12H22N2O2/c1-4-6-8-10(7-5-2)12-13-11(9-15-3)16-14-12/h10H,4-9H2,1-3H3. The van der Waals surface area contributed by atoms with E-state index in [1.807, 2.05) is 0 Å². The van der Waals surface area contributed by atoms with Crippen LogP contribution in [-0.2, 0) is 11.3 Å². The maximum absolute atomic E-state index is 5.13. The number of ether oxygens (including phenoxy) is 1. The summed E-state index contributed by atoms with van der Waals surface area (Å²) in [5.74, 6) is 1.87. The van der Waals surface area contributed by atoms with Gasteiger partial charge >= 0.3 is 0 Å². The molecule has 0 N–H and O–H groups in total. The number of unbranched alkanes of at least 4 members (excludes halogenated alkanes) is 1. The highest BCUT2D eigenvalue weighted by molar-refractivity contribution is 4.94. The Morgan fingerprint density at radius 3 is 2.69 bits per heavy atom. The quantitative estimate of drug-likeness (QED) is 0.682. The normalized spacial score (nSPS) is 12.9. The molecule has 0 aliphatic rings. The summed E-state index contributed by atoms with van der Waals surface area (Å²) in [5, 5.41) is 4.04. The molecule has 92 valence electrons. The third kappa shape index (κ3) is 3.93. The van der Waals surface area contributed by atoms with Crippen LogP contribution in [0.25, 0.3) is 0 Å². The molecule has 1 aromatic rings. The Morgan fingerprint density at radius 2 is 2.06 bits per heavy atom. The molecular formula is C12H22N2O2. The summed E-state index contributed by atoms with van der Waals surface area (Å²) < 4.78 is 10.1. The van der Waals surface area contributed by atoms with E-state index in [2.05, 4.69) is 24.0 Å². The van der Waals surface area contributed by atoms with Crippen LogP contribution < -0.4 is 0 Å². The van der Waals surface area contributed by atoms with Crippen molar-refractivity contribution < 1.29 is 9.26 Å². The fourth-order valence-corrected chi connectivity index (χ4v) is 1.82. The van der Waals surface area contributed by atoms with Crippen molar-refractivity contribution in [2.75, 3.05) is 7.11 Å². The minimum Gasteiger partial charge on any atom is -0.375 e. The highest BCUT2D eigenvalue weighted by atomic mass is 16.5. The Balaban J connectivity index is 2.59. The first kappa shape index (κ1) is 13.2. The van der Waals surface area contributed by atoms with Gasteiger partial charge in [0.1, 0.15) is 6.61 Å². The van der Waals surface area contributed by atoms with Crippen molar-refractivity contribution in [3.05, 3.63) is 11.7 Å². The van der Waals surface area contributed by atoms with Crippen molar-refractivity contribution in [2.45, 2.75) is 58.5 Å². The minimum atomic E-state index is 0.402. The summed E-state index contributed by atoms with van der Waals surface area (Å²) in [6.45, 7) is 4.80. The molecular weight excluding hydrogens is 204 g/mol. The molecule has 0 saturated carbocycles. The van der Waals surface area contributed by atoms with Crippen LogP contribution in [0, 0.1) is 0 Å². The van der Waals surface area contributed by atoms with Gasteiger partial charge in [-0.2, -0.15) is 4.98 Å². The maximum Gasteiger partial charge on any atom is 0.252 e. The Kier molecular flexibility index (Phi) is 6.08. The maximum atomic E-state index is 5.13. The van der Waals surface area contributed by atoms with E-state index < -0.39 is 0 Å². The second-order valence-electron chi connectivity index (χ2n) is 4.11. The molecule has 1 atom stereocenters. The smallest absolute Gasteiger partial charge is 0.252 e. The van der Waals surface area contributed by atoms with Gasteiger partial charge in [-0.3, -0.25) is 0 Å². The zero-order valence-electron chi connectivity index (χ0n) is 10.5. The number of methoxy groups -OCH3 is 1. The molecule has 0 fully saturated rings. The van der Waals surface area contributed by atoms with E-state index in [4.69, 9.17) is 9.26 Å². The van der Waals surface area contributed by atoms with Gasteiger partial charge in [-0.1, -0.05) is 38.3 Å². The van der Waals surface area contributed by atoms with E-state index in [0.29, 0.717) is 18.4 Å². The monoisotopic (exact) mass is 226 g/mol. The first-order valence-corrected chi connectivity index (χ1v) is 6.13. The van der Waals surface area contributed by atoms with Gasteiger partial charge in [0.2, 0.25) is 0 Å². The van der Waals surface area contributed by atoms with E-state index in [1.54, 1.807) is 7.11 Å². The van der Waals surface area contributed by atoms with Crippen molar-refractivity contribution in [3.63, 3.8) is 0 Å². The van der Waals surface area contributed by atoms with Crippen molar-refractivity contribution >= 4 is 0 Å². The van der Waals surface area contributed by atoms with E-state index >= 15 is 0 Å². The second kappa shape index (κ2) is 7.39. The molecule has 16 heavy (non-hydrogen) atoms. The SMILES string of the molecule is CCCCC(CCC)c1noc(COC)n1. The summed E-state index contributed by atoms with van der Waals surface area (Å²) in [7, 11) is 1.63. The third-order valence-corrected chi connectivity index (χ3v) is 2.66. The molecule has 1 unspecified atom stereocenters. The first-order valence-electron chi connectivity index (χ1n) is 6.13. The molecule has 0 spiro atoms. The number of hydrogen-bond acceptors (Lipinski definition) is 4. The average Bonchev–Trinajstić information content (AvgIpc) is 2.73. The summed E-state index contributed by atoms with van der Waals surface area (Å²) in [6, 6.07) is 0. The summed E-state index contributed by atoms with van der Waals surface area (Å²) in [6.07, 6.45) is 5.87. The van der Waals surface area contributed by atoms with Gasteiger partial charge in [0.05, 0.1) is 0 Å². The molecule has 1 heterocycles. The van der Waals surface area contributed by atoms with Gasteiger partial charge in [-0.25, -0.2) is 0 Å². The lowest BCUT2D eigenvalue weighted by molar-refractivity contribution is 0.151. The van der Waals surface area contributed by atoms with E-state index in [0.717, 1.165) is 25.1 Å². The highest BCUT2D eigenvalue weighted by Gasteiger charge is 2.16. The van der Waals surface area contributed by atoms with Gasteiger partial charge in [0.25, 0.3) is 5.89 Å². The van der Waals surface area contributed by atoms with Crippen LogP contribution in [0.3, 0.4) is 0 Å². The molecule has 0 saturated heterocycles. The van der Waals surface area contributed by atoms with Crippen molar-refractivity contribution in [3.8, 4) is 0 Å². The van der Waals surface area contributed by atoms with Crippen molar-refractivity contribution in [1.82, 2.24) is 10.1 Å². The predicted molar refractivity (Wildman–Crippen MR) is 62.2 cm³/mol. The van der Waals surface area contributed by atoms with Crippen LogP contribution in [0.1, 0.15) is 63.6 Å². The van der Waals surface area contributed by atoms with Gasteiger partial charge in [0, 0.05) is 13.0 Å². The molecule has 4 nitrogen and oxygen atoms in total. The predicted octanol–water partition coefficient (Wildman–Crippen LogP) is 3.29. The Morgan fingerprint density at radius 1 is 1.25 bits per heavy atom. The number of aromatic nitrogens is 2. The fraction of sp³-hybridized carbons (Fsp3) is 0.833. The Hall–Kier alpha value is -0.900. The fourth-order valence-electron chi connectivity index (χ4n) is 1.82. The minimum absolute atomic E-state index is 0.402. The van der Waals surface area contributed by atoms with Gasteiger partial charge in [-0.15, -0.1) is 0 Å². The highest BCUT2D eigenvalue weighted by Crippen LogP contribution is 2.24. The number of hydrogen-bond donors (Lipinski definition) is 0. The lowest BCUT2D eigenvalue weighted by atomic mass is 9.96. The van der Waals surface area contributed by atoms with Crippen LogP contribution in [0.5, 0.6) is 0 Å². The van der Waals surface area contributed by atoms with Crippen LogP contribution in [0.2, 0.25) is 0 Å². The van der Waals surface area contributed by atoms with E-state index in [-0.39, 0.29) is 0 Å². The molecule has 4 heteroatoms. The van der Waals surface area contributed by atoms with Crippen LogP contribution >= 0.6 is 0 Å². The molecule has 1 aromatic heterocycles. The number of nitrogens with zero attached hydrogens (tertiary/aromatic N) is 2. The molecule has 0 aromatic carbocycles. The van der Waals surface area contributed by atoms with Gasteiger partial charge in [-0.05, 0) is 12.8 Å². The average molecular weight is 226 g/mol. The lowest BCUT2D eigenvalue weighted by Gasteiger charge is -2.10. The van der Waals surface area contributed by atoms with Crippen LogP contribution in [0.4, 0.5) is 0 Å². The van der Waals surface area contributed by atoms with Crippen molar-refractivity contribution in [1.29, 1.82) is 0 Å². The first-order chi connectivity index (χ1) is 7.81. The molecule has 0 amide bonds. The summed E-state index contributed by atoms with van der Waals surface area (Å²) in [5.41, 5.74) is 0. The Bertz CT molecular complexity index is 286. The molecule has 1 rings (SSSR count). The van der Waals surface area contributed by atoms with E-state index in [1.165, 1.54) is 12.8 Å². The molecule has 0 aliphatic carbocycles. The second-order valence-corrected chi connectivity index (χ2v) is 4.11. The van der Waals surface area contributed by atoms with Gasteiger partial charge < -0.3 is 9.26 Å². The third-order valence-electron chi connectivity index (χ3n) is 2.66. The topological polar surface area (TPSA) is 48.2 Å². The largest absolute Gasteiger partial charge is 0.375 e. The molecule has 0 radical (unpaired) electrons. The lowest BCUT2D eigenvalue weighted by Crippen LogP contribution is -2.01. The van der Waals surface area contributed by atoms with Crippen LogP contribution in [0.15, 0.2) is 4.52 Å². The zero-order valence-corrected chi connectivity index (χ0v) is 10.5. The zero-order chi connectivity index (χ0) is 11.8. The summed E-state index contributed by atoms with van der Waals surface area (Å²) >= 11 is 0. The molecule has 0 aliphatic heterocycles. The molecule has 0 bridgehead atoms. The number of rotatable bonds is 8. The Labute approximate surface area is 97.4 Å².